The largest absolute Gasteiger partial charge is 0.478 e. The Balaban J connectivity index is 2.89. The standard InChI is InChI=1S/C11H7BrF6O3/c12-7-3-5(8(19)20)1-2-6(7)4-21-9(10(13,14)15)11(16,17)18/h1-3,9H,4H2,(H,19,20). The highest BCUT2D eigenvalue weighted by molar-refractivity contribution is 9.10. The van der Waals surface area contributed by atoms with Crippen molar-refractivity contribution in [2.75, 3.05) is 0 Å². The van der Waals surface area contributed by atoms with Crippen molar-refractivity contribution in [1.29, 1.82) is 0 Å². The van der Waals surface area contributed by atoms with E-state index in [0.29, 0.717) is 0 Å². The number of carboxylic acids is 1. The molecule has 0 saturated carbocycles. The molecule has 0 aromatic heterocycles. The monoisotopic (exact) mass is 380 g/mol. The SMILES string of the molecule is O=C(O)c1ccc(COC(C(F)(F)F)C(F)(F)F)c(Br)c1. The van der Waals surface area contributed by atoms with E-state index in [9.17, 15) is 31.1 Å². The molecular weight excluding hydrogens is 374 g/mol. The normalized spacial score (nSPS) is 12.8. The van der Waals surface area contributed by atoms with Gasteiger partial charge < -0.3 is 9.84 Å². The highest BCUT2D eigenvalue weighted by atomic mass is 79.9. The molecule has 0 atom stereocenters. The molecule has 0 saturated heterocycles. The second-order valence-corrected chi connectivity index (χ2v) is 4.74. The second kappa shape index (κ2) is 6.22. The van der Waals surface area contributed by atoms with Crippen LogP contribution in [0.4, 0.5) is 26.3 Å². The van der Waals surface area contributed by atoms with Crippen LogP contribution in [-0.4, -0.2) is 29.5 Å². The molecule has 1 rings (SSSR count). The van der Waals surface area contributed by atoms with Gasteiger partial charge >= 0.3 is 18.3 Å². The molecule has 0 spiro atoms. The number of rotatable bonds is 4. The summed E-state index contributed by atoms with van der Waals surface area (Å²) in [5, 5.41) is 8.68. The maximum Gasteiger partial charge on any atom is 0.423 e. The van der Waals surface area contributed by atoms with Crippen LogP contribution in [0.15, 0.2) is 22.7 Å². The van der Waals surface area contributed by atoms with Gasteiger partial charge in [-0.2, -0.15) is 26.3 Å². The van der Waals surface area contributed by atoms with Crippen LogP contribution in [0.3, 0.4) is 0 Å². The van der Waals surface area contributed by atoms with Crippen LogP contribution in [0.25, 0.3) is 0 Å². The van der Waals surface area contributed by atoms with Crippen molar-refractivity contribution < 1.29 is 41.0 Å². The lowest BCUT2D eigenvalue weighted by Gasteiger charge is -2.23. The number of benzene rings is 1. The first-order valence-corrected chi connectivity index (χ1v) is 5.99. The van der Waals surface area contributed by atoms with Crippen molar-refractivity contribution in [3.8, 4) is 0 Å². The highest BCUT2D eigenvalue weighted by Crippen LogP contribution is 2.36. The predicted octanol–water partition coefficient (Wildman–Crippen LogP) is 4.16. The third kappa shape index (κ3) is 4.88. The Morgan fingerprint density at radius 1 is 1.19 bits per heavy atom. The number of carboxylic acid groups (broad SMARTS) is 1. The van der Waals surface area contributed by atoms with E-state index in [1.165, 1.54) is 0 Å². The lowest BCUT2D eigenvalue weighted by atomic mass is 10.1. The van der Waals surface area contributed by atoms with E-state index in [1.54, 1.807) is 0 Å². The number of hydrogen-bond acceptors (Lipinski definition) is 2. The van der Waals surface area contributed by atoms with Crippen LogP contribution in [0, 0.1) is 0 Å². The maximum atomic E-state index is 12.3. The van der Waals surface area contributed by atoms with Gasteiger partial charge in [0.15, 0.2) is 0 Å². The summed E-state index contributed by atoms with van der Waals surface area (Å²) in [5.41, 5.74) is -0.215. The predicted molar refractivity (Wildman–Crippen MR) is 61.8 cm³/mol. The van der Waals surface area contributed by atoms with E-state index < -0.39 is 31.0 Å². The first-order valence-electron chi connectivity index (χ1n) is 5.19. The topological polar surface area (TPSA) is 46.5 Å². The summed E-state index contributed by atoms with van der Waals surface area (Å²) >= 11 is 2.86. The van der Waals surface area contributed by atoms with Gasteiger partial charge in [0, 0.05) is 4.47 Å². The third-order valence-corrected chi connectivity index (χ3v) is 3.04. The van der Waals surface area contributed by atoms with Crippen molar-refractivity contribution >= 4 is 21.9 Å². The van der Waals surface area contributed by atoms with Crippen LogP contribution < -0.4 is 0 Å². The van der Waals surface area contributed by atoms with E-state index in [1.807, 2.05) is 0 Å². The average molecular weight is 381 g/mol. The van der Waals surface area contributed by atoms with Gasteiger partial charge in [-0.3, -0.25) is 0 Å². The summed E-state index contributed by atoms with van der Waals surface area (Å²) in [6, 6.07) is 3.16. The van der Waals surface area contributed by atoms with Gasteiger partial charge in [0.2, 0.25) is 6.10 Å². The van der Waals surface area contributed by atoms with Gasteiger partial charge in [0.1, 0.15) is 0 Å². The van der Waals surface area contributed by atoms with Crippen LogP contribution in [-0.2, 0) is 11.3 Å². The smallest absolute Gasteiger partial charge is 0.423 e. The fourth-order valence-electron chi connectivity index (χ4n) is 1.35. The van der Waals surface area contributed by atoms with Crippen molar-refractivity contribution in [2.24, 2.45) is 0 Å². The summed E-state index contributed by atoms with van der Waals surface area (Å²) in [6.07, 6.45) is -15.1. The van der Waals surface area contributed by atoms with Gasteiger partial charge in [-0.1, -0.05) is 22.0 Å². The Bertz CT molecular complexity index is 512. The number of hydrogen-bond donors (Lipinski definition) is 1. The molecule has 21 heavy (non-hydrogen) atoms. The molecular formula is C11H7BrF6O3. The molecule has 0 aliphatic heterocycles. The Morgan fingerprint density at radius 3 is 2.10 bits per heavy atom. The van der Waals surface area contributed by atoms with Gasteiger partial charge in [0.05, 0.1) is 12.2 Å². The van der Waals surface area contributed by atoms with Gasteiger partial charge in [-0.15, -0.1) is 0 Å². The Kier molecular flexibility index (Phi) is 5.26. The third-order valence-electron chi connectivity index (χ3n) is 2.30. The number of alkyl halides is 6. The van der Waals surface area contributed by atoms with E-state index >= 15 is 0 Å². The van der Waals surface area contributed by atoms with Crippen LogP contribution in [0.1, 0.15) is 15.9 Å². The fraction of sp³-hybridized carbons (Fsp3) is 0.364. The molecule has 0 aliphatic carbocycles. The van der Waals surface area contributed by atoms with Crippen molar-refractivity contribution in [2.45, 2.75) is 25.1 Å². The summed E-state index contributed by atoms with van der Waals surface area (Å²) in [7, 11) is 0. The average Bonchev–Trinajstić information content (AvgIpc) is 2.27. The molecule has 0 heterocycles. The minimum absolute atomic E-state index is 0.0329. The molecule has 3 nitrogen and oxygen atoms in total. The lowest BCUT2D eigenvalue weighted by Crippen LogP contribution is -2.44. The van der Waals surface area contributed by atoms with Crippen molar-refractivity contribution in [3.63, 3.8) is 0 Å². The molecule has 0 fully saturated rings. The van der Waals surface area contributed by atoms with E-state index in [4.69, 9.17) is 5.11 Å². The first kappa shape index (κ1) is 17.8. The molecule has 0 aliphatic rings. The summed E-state index contributed by atoms with van der Waals surface area (Å²) in [4.78, 5) is 10.6. The molecule has 0 unspecified atom stereocenters. The minimum atomic E-state index is -5.59. The number of carbonyl (C=O) groups is 1. The fourth-order valence-corrected chi connectivity index (χ4v) is 1.84. The summed E-state index contributed by atoms with van der Waals surface area (Å²) < 4.78 is 77.5. The van der Waals surface area contributed by atoms with Gasteiger partial charge in [0.25, 0.3) is 0 Å². The summed E-state index contributed by atoms with van der Waals surface area (Å²) in [5.74, 6) is -1.29. The zero-order chi connectivity index (χ0) is 16.4. The van der Waals surface area contributed by atoms with Crippen LogP contribution >= 0.6 is 15.9 Å². The molecule has 0 radical (unpaired) electrons. The zero-order valence-electron chi connectivity index (χ0n) is 9.93. The zero-order valence-corrected chi connectivity index (χ0v) is 11.5. The number of aromatic carboxylic acids is 1. The molecule has 1 N–H and O–H groups in total. The molecule has 10 heteroatoms. The number of halogens is 7. The molecule has 118 valence electrons. The van der Waals surface area contributed by atoms with Gasteiger partial charge in [-0.05, 0) is 17.7 Å². The molecule has 0 bridgehead atoms. The molecule has 1 aromatic rings. The molecule has 0 amide bonds. The Labute approximate surface area is 122 Å². The quantitative estimate of drug-likeness (QED) is 0.798. The maximum absolute atomic E-state index is 12.3. The van der Waals surface area contributed by atoms with Gasteiger partial charge in [-0.25, -0.2) is 4.79 Å². The lowest BCUT2D eigenvalue weighted by molar-refractivity contribution is -0.324. The Morgan fingerprint density at radius 2 is 1.71 bits per heavy atom. The first-order chi connectivity index (χ1) is 9.43. The minimum Gasteiger partial charge on any atom is -0.478 e. The molecule has 1 aromatic carbocycles. The van der Waals surface area contributed by atoms with E-state index in [2.05, 4.69) is 20.7 Å². The number of ether oxygens (including phenoxy) is 1. The highest BCUT2D eigenvalue weighted by Gasteiger charge is 2.57. The van der Waals surface area contributed by atoms with Crippen molar-refractivity contribution in [3.05, 3.63) is 33.8 Å². The summed E-state index contributed by atoms with van der Waals surface area (Å²) in [6.45, 7) is -0.982. The second-order valence-electron chi connectivity index (χ2n) is 3.89. The Hall–Kier alpha value is -1.29. The van der Waals surface area contributed by atoms with Crippen LogP contribution in [0.2, 0.25) is 0 Å². The van der Waals surface area contributed by atoms with E-state index in [-0.39, 0.29) is 15.6 Å². The van der Waals surface area contributed by atoms with Crippen molar-refractivity contribution in [1.82, 2.24) is 0 Å². The van der Waals surface area contributed by atoms with E-state index in [0.717, 1.165) is 18.2 Å². The van der Waals surface area contributed by atoms with Crippen LogP contribution in [0.5, 0.6) is 0 Å².